The van der Waals surface area contributed by atoms with E-state index in [4.69, 9.17) is 9.47 Å². The Hall–Kier alpha value is -3.48. The summed E-state index contributed by atoms with van der Waals surface area (Å²) in [5, 5.41) is 5.52. The number of ether oxygens (including phenoxy) is 2. The highest BCUT2D eigenvalue weighted by Crippen LogP contribution is 2.13. The smallest absolute Gasteiger partial charge is 0.250 e. The lowest BCUT2D eigenvalue weighted by Gasteiger charge is -2.09. The van der Waals surface area contributed by atoms with Crippen molar-refractivity contribution >= 4 is 23.2 Å². The van der Waals surface area contributed by atoms with Crippen LogP contribution in [-0.4, -0.2) is 25.0 Å². The van der Waals surface area contributed by atoms with Crippen LogP contribution in [0, 0.1) is 0 Å². The van der Waals surface area contributed by atoms with Gasteiger partial charge in [0.05, 0.1) is 13.2 Å². The molecule has 6 nitrogen and oxygen atoms in total. The first kappa shape index (κ1) is 21.2. The molecule has 0 bridgehead atoms. The highest BCUT2D eigenvalue weighted by Gasteiger charge is 2.05. The minimum Gasteiger partial charge on any atom is -0.367 e. The fourth-order valence-electron chi connectivity index (χ4n) is 2.70. The van der Waals surface area contributed by atoms with Gasteiger partial charge in [-0.3, -0.25) is 9.59 Å². The third-order valence-electron chi connectivity index (χ3n) is 4.14. The molecule has 0 saturated carbocycles. The van der Waals surface area contributed by atoms with Gasteiger partial charge in [-0.25, -0.2) is 0 Å². The van der Waals surface area contributed by atoms with Gasteiger partial charge < -0.3 is 20.1 Å². The van der Waals surface area contributed by atoms with Crippen LogP contribution in [-0.2, 0) is 32.3 Å². The minimum atomic E-state index is -0.239. The number of carbonyl (C=O) groups is 2. The first-order valence-corrected chi connectivity index (χ1v) is 9.62. The Kier molecular flexibility index (Phi) is 8.14. The first-order chi connectivity index (χ1) is 14.7. The lowest BCUT2D eigenvalue weighted by atomic mass is 10.2. The SMILES string of the molecule is O=C(COCc1ccccc1)Nc1ccc(NC(=O)COCc2ccccc2)cc1. The summed E-state index contributed by atoms with van der Waals surface area (Å²) >= 11 is 0. The lowest BCUT2D eigenvalue weighted by molar-refractivity contribution is -0.121. The summed E-state index contributed by atoms with van der Waals surface area (Å²) < 4.78 is 10.8. The Balaban J connectivity index is 1.35. The van der Waals surface area contributed by atoms with Crippen molar-refractivity contribution in [2.24, 2.45) is 0 Å². The molecule has 3 aromatic carbocycles. The van der Waals surface area contributed by atoms with Crippen LogP contribution in [0.25, 0.3) is 0 Å². The van der Waals surface area contributed by atoms with E-state index in [1.54, 1.807) is 24.3 Å². The average molecular weight is 404 g/mol. The fourth-order valence-corrected chi connectivity index (χ4v) is 2.70. The molecule has 0 heterocycles. The van der Waals surface area contributed by atoms with E-state index in [0.717, 1.165) is 11.1 Å². The molecule has 0 saturated heterocycles. The monoisotopic (exact) mass is 404 g/mol. The van der Waals surface area contributed by atoms with Gasteiger partial charge in [0.25, 0.3) is 0 Å². The number of amides is 2. The standard InChI is InChI=1S/C24H24N2O4/c27-23(17-29-15-19-7-3-1-4-8-19)25-21-11-13-22(14-12-21)26-24(28)18-30-16-20-9-5-2-6-10-20/h1-14H,15-18H2,(H,25,27)(H,26,28). The van der Waals surface area contributed by atoms with Crippen molar-refractivity contribution in [2.75, 3.05) is 23.8 Å². The number of rotatable bonds is 10. The van der Waals surface area contributed by atoms with Crippen molar-refractivity contribution in [1.29, 1.82) is 0 Å². The third-order valence-corrected chi connectivity index (χ3v) is 4.14. The summed E-state index contributed by atoms with van der Waals surface area (Å²) in [6.45, 7) is 0.690. The molecule has 6 heteroatoms. The molecule has 0 fully saturated rings. The van der Waals surface area contributed by atoms with E-state index in [2.05, 4.69) is 10.6 Å². The fraction of sp³-hybridized carbons (Fsp3) is 0.167. The van der Waals surface area contributed by atoms with Gasteiger partial charge in [-0.05, 0) is 35.4 Å². The molecular formula is C24H24N2O4. The van der Waals surface area contributed by atoms with Gasteiger partial charge in [-0.2, -0.15) is 0 Å². The summed E-state index contributed by atoms with van der Waals surface area (Å²) in [6, 6.07) is 26.2. The van der Waals surface area contributed by atoms with Gasteiger partial charge in [0.1, 0.15) is 13.2 Å². The van der Waals surface area contributed by atoms with Crippen molar-refractivity contribution < 1.29 is 19.1 Å². The van der Waals surface area contributed by atoms with Crippen molar-refractivity contribution in [3.8, 4) is 0 Å². The number of hydrogen-bond acceptors (Lipinski definition) is 4. The highest BCUT2D eigenvalue weighted by molar-refractivity contribution is 5.93. The van der Waals surface area contributed by atoms with E-state index in [0.29, 0.717) is 24.6 Å². The second kappa shape index (κ2) is 11.5. The van der Waals surface area contributed by atoms with Gasteiger partial charge in [0.2, 0.25) is 11.8 Å². The minimum absolute atomic E-state index is 0.0356. The third kappa shape index (κ3) is 7.50. The molecule has 0 aliphatic carbocycles. The van der Waals surface area contributed by atoms with E-state index in [9.17, 15) is 9.59 Å². The van der Waals surface area contributed by atoms with Crippen LogP contribution in [0.2, 0.25) is 0 Å². The van der Waals surface area contributed by atoms with Crippen LogP contribution in [0.4, 0.5) is 11.4 Å². The van der Waals surface area contributed by atoms with Gasteiger partial charge in [-0.15, -0.1) is 0 Å². The van der Waals surface area contributed by atoms with Crippen LogP contribution >= 0.6 is 0 Å². The summed E-state index contributed by atoms with van der Waals surface area (Å²) in [4.78, 5) is 24.0. The maximum Gasteiger partial charge on any atom is 0.250 e. The zero-order valence-electron chi connectivity index (χ0n) is 16.5. The van der Waals surface area contributed by atoms with Crippen molar-refractivity contribution in [1.82, 2.24) is 0 Å². The number of benzene rings is 3. The summed E-state index contributed by atoms with van der Waals surface area (Å²) in [7, 11) is 0. The maximum absolute atomic E-state index is 12.0. The van der Waals surface area contributed by atoms with Gasteiger partial charge in [0, 0.05) is 11.4 Å². The van der Waals surface area contributed by atoms with Crippen LogP contribution in [0.15, 0.2) is 84.9 Å². The molecule has 2 amide bonds. The molecular weight excluding hydrogens is 380 g/mol. The summed E-state index contributed by atoms with van der Waals surface area (Å²) in [5.41, 5.74) is 3.28. The molecule has 0 aliphatic heterocycles. The summed E-state index contributed by atoms with van der Waals surface area (Å²) in [5.74, 6) is -0.478. The molecule has 0 spiro atoms. The van der Waals surface area contributed by atoms with Crippen molar-refractivity contribution in [3.63, 3.8) is 0 Å². The molecule has 154 valence electrons. The number of carbonyl (C=O) groups excluding carboxylic acids is 2. The molecule has 0 aromatic heterocycles. The van der Waals surface area contributed by atoms with Crippen molar-refractivity contribution in [2.45, 2.75) is 13.2 Å². The topological polar surface area (TPSA) is 76.7 Å². The lowest BCUT2D eigenvalue weighted by Crippen LogP contribution is -2.19. The Morgan fingerprint density at radius 2 is 0.933 bits per heavy atom. The van der Waals surface area contributed by atoms with Crippen LogP contribution in [0.5, 0.6) is 0 Å². The molecule has 30 heavy (non-hydrogen) atoms. The summed E-state index contributed by atoms with van der Waals surface area (Å²) in [6.07, 6.45) is 0. The van der Waals surface area contributed by atoms with E-state index in [1.807, 2.05) is 60.7 Å². The van der Waals surface area contributed by atoms with Gasteiger partial charge in [-0.1, -0.05) is 60.7 Å². The van der Waals surface area contributed by atoms with E-state index >= 15 is 0 Å². The molecule has 0 aliphatic rings. The Morgan fingerprint density at radius 1 is 0.567 bits per heavy atom. The second-order valence-corrected chi connectivity index (χ2v) is 6.63. The normalized spacial score (nSPS) is 10.4. The van der Waals surface area contributed by atoms with Gasteiger partial charge >= 0.3 is 0 Å². The van der Waals surface area contributed by atoms with Crippen LogP contribution in [0.3, 0.4) is 0 Å². The molecule has 3 rings (SSSR count). The van der Waals surface area contributed by atoms with E-state index < -0.39 is 0 Å². The second-order valence-electron chi connectivity index (χ2n) is 6.63. The first-order valence-electron chi connectivity index (χ1n) is 9.62. The molecule has 0 atom stereocenters. The zero-order chi connectivity index (χ0) is 21.0. The van der Waals surface area contributed by atoms with Crippen LogP contribution < -0.4 is 10.6 Å². The Bertz CT molecular complexity index is 850. The number of hydrogen-bond donors (Lipinski definition) is 2. The largest absolute Gasteiger partial charge is 0.367 e. The number of anilines is 2. The zero-order valence-corrected chi connectivity index (χ0v) is 16.5. The maximum atomic E-state index is 12.0. The van der Waals surface area contributed by atoms with E-state index in [-0.39, 0.29) is 25.0 Å². The molecule has 3 aromatic rings. The number of nitrogens with one attached hydrogen (secondary N) is 2. The Morgan fingerprint density at radius 3 is 1.30 bits per heavy atom. The average Bonchev–Trinajstić information content (AvgIpc) is 2.77. The van der Waals surface area contributed by atoms with Crippen LogP contribution in [0.1, 0.15) is 11.1 Å². The molecule has 2 N–H and O–H groups in total. The predicted octanol–water partition coefficient (Wildman–Crippen LogP) is 4.00. The van der Waals surface area contributed by atoms with E-state index in [1.165, 1.54) is 0 Å². The van der Waals surface area contributed by atoms with Gasteiger partial charge in [0.15, 0.2) is 0 Å². The Labute approximate surface area is 175 Å². The quantitative estimate of drug-likeness (QED) is 0.536. The molecule has 0 unspecified atom stereocenters. The predicted molar refractivity (Wildman–Crippen MR) is 116 cm³/mol. The highest BCUT2D eigenvalue weighted by atomic mass is 16.5. The molecule has 0 radical (unpaired) electrons. The van der Waals surface area contributed by atoms with Crippen molar-refractivity contribution in [3.05, 3.63) is 96.1 Å².